The number of nitrogens with zero attached hydrogens (tertiary/aromatic N) is 4. The molecule has 1 aliphatic carbocycles. The van der Waals surface area contributed by atoms with Crippen molar-refractivity contribution < 1.29 is 5.11 Å². The third kappa shape index (κ3) is 1.57. The second-order valence-corrected chi connectivity index (χ2v) is 4.60. The van der Waals surface area contributed by atoms with Crippen molar-refractivity contribution in [3.05, 3.63) is 10.4 Å². The van der Waals surface area contributed by atoms with E-state index in [-0.39, 0.29) is 35.6 Å². The van der Waals surface area contributed by atoms with E-state index in [0.29, 0.717) is 5.65 Å². The summed E-state index contributed by atoms with van der Waals surface area (Å²) in [5.41, 5.74) is 5.73. The molecule has 0 saturated heterocycles. The summed E-state index contributed by atoms with van der Waals surface area (Å²) in [5, 5.41) is 17.2. The average Bonchev–Trinajstić information content (AvgIpc) is 2.93. The van der Waals surface area contributed by atoms with Gasteiger partial charge in [0.25, 0.3) is 5.56 Å². The van der Waals surface area contributed by atoms with Crippen LogP contribution in [0.15, 0.2) is 4.79 Å². The fourth-order valence-electron chi connectivity index (χ4n) is 2.63. The van der Waals surface area contributed by atoms with Crippen molar-refractivity contribution in [1.29, 1.82) is 0 Å². The van der Waals surface area contributed by atoms with Gasteiger partial charge in [-0.15, -0.1) is 5.10 Å². The van der Waals surface area contributed by atoms with Gasteiger partial charge in [-0.3, -0.25) is 9.78 Å². The summed E-state index contributed by atoms with van der Waals surface area (Å²) in [6.07, 6.45) is 2.87. The third-order valence-corrected chi connectivity index (χ3v) is 3.52. The molecule has 0 amide bonds. The minimum atomic E-state index is -0.387. The Kier molecular flexibility index (Phi) is 2.51. The average molecular weight is 250 g/mol. The zero-order chi connectivity index (χ0) is 12.7. The Hall–Kier alpha value is -1.96. The molecule has 2 heterocycles. The van der Waals surface area contributed by atoms with Crippen molar-refractivity contribution >= 4 is 17.1 Å². The lowest BCUT2D eigenvalue weighted by molar-refractivity contribution is 0.191. The van der Waals surface area contributed by atoms with E-state index in [1.807, 2.05) is 0 Å². The number of aromatic amines is 1. The Labute approximate surface area is 102 Å². The molecule has 2 aromatic rings. The number of H-pyrrole nitrogens is 1. The van der Waals surface area contributed by atoms with Crippen LogP contribution in [0, 0.1) is 5.92 Å². The van der Waals surface area contributed by atoms with Crippen molar-refractivity contribution in [2.75, 3.05) is 12.3 Å². The molecule has 0 spiro atoms. The van der Waals surface area contributed by atoms with Gasteiger partial charge in [-0.1, -0.05) is 11.6 Å². The molecule has 1 saturated carbocycles. The predicted octanol–water partition coefficient (Wildman–Crippen LogP) is -0.570. The van der Waals surface area contributed by atoms with Crippen LogP contribution in [0.3, 0.4) is 0 Å². The minimum absolute atomic E-state index is 0.0358. The molecule has 1 fully saturated rings. The fraction of sp³-hybridized carbons (Fsp3) is 0.600. The lowest BCUT2D eigenvalue weighted by atomic mass is 10.1. The van der Waals surface area contributed by atoms with Gasteiger partial charge in [0.05, 0.1) is 6.04 Å². The van der Waals surface area contributed by atoms with Crippen molar-refractivity contribution in [2.45, 2.75) is 25.3 Å². The topological polar surface area (TPSA) is 123 Å². The number of aliphatic hydroxyl groups excluding tert-OH is 1. The van der Waals surface area contributed by atoms with Crippen molar-refractivity contribution in [3.63, 3.8) is 0 Å². The van der Waals surface area contributed by atoms with E-state index in [0.717, 1.165) is 19.3 Å². The molecule has 2 aromatic heterocycles. The highest BCUT2D eigenvalue weighted by Crippen LogP contribution is 2.35. The Morgan fingerprint density at radius 2 is 2.33 bits per heavy atom. The highest BCUT2D eigenvalue weighted by molar-refractivity contribution is 5.69. The molecular weight excluding hydrogens is 236 g/mol. The zero-order valence-electron chi connectivity index (χ0n) is 9.70. The number of aliphatic hydroxyl groups is 1. The number of aromatic nitrogens is 5. The van der Waals surface area contributed by atoms with Gasteiger partial charge < -0.3 is 10.8 Å². The first kappa shape index (κ1) is 11.1. The largest absolute Gasteiger partial charge is 0.396 e. The Morgan fingerprint density at radius 1 is 1.50 bits per heavy atom. The van der Waals surface area contributed by atoms with E-state index in [9.17, 15) is 9.90 Å². The first-order valence-corrected chi connectivity index (χ1v) is 5.92. The van der Waals surface area contributed by atoms with Crippen LogP contribution in [-0.4, -0.2) is 36.7 Å². The van der Waals surface area contributed by atoms with Crippen LogP contribution in [0.4, 0.5) is 5.95 Å². The summed E-state index contributed by atoms with van der Waals surface area (Å²) in [7, 11) is 0. The van der Waals surface area contributed by atoms with E-state index >= 15 is 0 Å². The van der Waals surface area contributed by atoms with Crippen LogP contribution in [-0.2, 0) is 0 Å². The molecule has 8 heteroatoms. The van der Waals surface area contributed by atoms with Crippen LogP contribution < -0.4 is 11.3 Å². The molecular formula is C10H14N6O2. The van der Waals surface area contributed by atoms with Gasteiger partial charge >= 0.3 is 0 Å². The van der Waals surface area contributed by atoms with Gasteiger partial charge in [0.1, 0.15) is 0 Å². The maximum Gasteiger partial charge on any atom is 0.282 e. The number of nitrogens with two attached hydrogens (primary N) is 1. The summed E-state index contributed by atoms with van der Waals surface area (Å²) in [5.74, 6) is 0.187. The second-order valence-electron chi connectivity index (χ2n) is 4.60. The zero-order valence-corrected chi connectivity index (χ0v) is 9.70. The molecule has 8 nitrogen and oxygen atoms in total. The maximum absolute atomic E-state index is 11.6. The number of rotatable bonds is 2. The fourth-order valence-corrected chi connectivity index (χ4v) is 2.63. The van der Waals surface area contributed by atoms with E-state index in [4.69, 9.17) is 5.73 Å². The highest BCUT2D eigenvalue weighted by Gasteiger charge is 2.31. The molecule has 18 heavy (non-hydrogen) atoms. The molecule has 0 aromatic carbocycles. The molecule has 0 aliphatic heterocycles. The number of nitrogens with one attached hydrogen (secondary N) is 1. The molecule has 2 atom stereocenters. The van der Waals surface area contributed by atoms with E-state index in [1.54, 1.807) is 4.68 Å². The Bertz CT molecular complexity index is 633. The Morgan fingerprint density at radius 3 is 3.11 bits per heavy atom. The lowest BCUT2D eigenvalue weighted by Gasteiger charge is -2.17. The van der Waals surface area contributed by atoms with Gasteiger partial charge in [-0.05, 0) is 12.8 Å². The van der Waals surface area contributed by atoms with Crippen LogP contribution in [0.25, 0.3) is 11.2 Å². The molecule has 3 rings (SSSR count). The van der Waals surface area contributed by atoms with Gasteiger partial charge in [-0.25, -0.2) is 4.68 Å². The smallest absolute Gasteiger partial charge is 0.282 e. The van der Waals surface area contributed by atoms with Crippen molar-refractivity contribution in [2.24, 2.45) is 5.92 Å². The summed E-state index contributed by atoms with van der Waals surface area (Å²) in [6.45, 7) is 0.102. The summed E-state index contributed by atoms with van der Waals surface area (Å²) in [4.78, 5) is 18.1. The monoisotopic (exact) mass is 250 g/mol. The van der Waals surface area contributed by atoms with Crippen LogP contribution >= 0.6 is 0 Å². The van der Waals surface area contributed by atoms with Crippen LogP contribution in [0.2, 0.25) is 0 Å². The van der Waals surface area contributed by atoms with E-state index < -0.39 is 0 Å². The van der Waals surface area contributed by atoms with Crippen LogP contribution in [0.5, 0.6) is 0 Å². The molecule has 4 N–H and O–H groups in total. The van der Waals surface area contributed by atoms with Crippen molar-refractivity contribution in [3.8, 4) is 0 Å². The van der Waals surface area contributed by atoms with Crippen molar-refractivity contribution in [1.82, 2.24) is 25.0 Å². The molecule has 1 aliphatic rings. The number of fused-ring (bicyclic) bond motifs is 1. The lowest BCUT2D eigenvalue weighted by Crippen LogP contribution is -2.19. The molecule has 0 unspecified atom stereocenters. The second kappa shape index (κ2) is 4.05. The molecule has 96 valence electrons. The normalized spacial score (nSPS) is 23.8. The SMILES string of the molecule is Nc1nc2c(nnn2[C@H]2CCC[C@H]2CO)c(=O)[nH]1. The third-order valence-electron chi connectivity index (χ3n) is 3.52. The Balaban J connectivity index is 2.15. The molecule has 0 bridgehead atoms. The molecule has 0 radical (unpaired) electrons. The van der Waals surface area contributed by atoms with E-state index in [1.165, 1.54) is 0 Å². The maximum atomic E-state index is 11.6. The van der Waals surface area contributed by atoms with Gasteiger partial charge in [-0.2, -0.15) is 4.98 Å². The summed E-state index contributed by atoms with van der Waals surface area (Å²) < 4.78 is 1.62. The van der Waals surface area contributed by atoms with Crippen LogP contribution in [0.1, 0.15) is 25.3 Å². The van der Waals surface area contributed by atoms with E-state index in [2.05, 4.69) is 20.3 Å². The van der Waals surface area contributed by atoms with Gasteiger partial charge in [0.2, 0.25) is 5.95 Å². The number of nitrogen functional groups attached to an aromatic ring is 1. The highest BCUT2D eigenvalue weighted by atomic mass is 16.3. The number of hydrogen-bond donors (Lipinski definition) is 3. The van der Waals surface area contributed by atoms with Gasteiger partial charge in [0.15, 0.2) is 11.2 Å². The van der Waals surface area contributed by atoms with Gasteiger partial charge in [0, 0.05) is 12.5 Å². The predicted molar refractivity (Wildman–Crippen MR) is 63.8 cm³/mol. The minimum Gasteiger partial charge on any atom is -0.396 e. The summed E-state index contributed by atoms with van der Waals surface area (Å²) >= 11 is 0. The summed E-state index contributed by atoms with van der Waals surface area (Å²) in [6, 6.07) is 0.0358. The quantitative estimate of drug-likeness (QED) is 0.656. The number of anilines is 1. The first-order valence-electron chi connectivity index (χ1n) is 5.92. The first-order chi connectivity index (χ1) is 8.70. The number of hydrogen-bond acceptors (Lipinski definition) is 6. The standard InChI is InChI=1S/C10H14N6O2/c11-10-12-8-7(9(18)13-10)14-15-16(8)6-3-1-2-5(6)4-17/h5-6,17H,1-4H2,(H3,11,12,13,18)/t5-,6-/m0/s1.